The molecule has 3 N–H and O–H groups in total. The molecular formula is C15H21ClN2O2. The van der Waals surface area contributed by atoms with Crippen molar-refractivity contribution in [2.24, 2.45) is 5.41 Å². The van der Waals surface area contributed by atoms with Gasteiger partial charge in [-0.15, -0.1) is 0 Å². The number of nitrogens with one attached hydrogen (secondary N) is 2. The molecule has 5 heteroatoms. The van der Waals surface area contributed by atoms with Gasteiger partial charge in [0.15, 0.2) is 0 Å². The van der Waals surface area contributed by atoms with Gasteiger partial charge in [0, 0.05) is 23.7 Å². The highest BCUT2D eigenvalue weighted by molar-refractivity contribution is 6.31. The molecule has 0 aliphatic heterocycles. The van der Waals surface area contributed by atoms with E-state index in [-0.39, 0.29) is 12.6 Å². The summed E-state index contributed by atoms with van der Waals surface area (Å²) in [6.45, 7) is 3.00. The maximum absolute atomic E-state index is 11.7. The first-order valence-electron chi connectivity index (χ1n) is 7.00. The number of hydrogen-bond acceptors (Lipinski definition) is 2. The molecule has 1 atom stereocenters. The van der Waals surface area contributed by atoms with Crippen molar-refractivity contribution in [3.05, 3.63) is 34.9 Å². The third-order valence-corrected chi connectivity index (χ3v) is 4.40. The van der Waals surface area contributed by atoms with E-state index in [9.17, 15) is 9.90 Å². The highest BCUT2D eigenvalue weighted by Crippen LogP contribution is 2.47. The van der Waals surface area contributed by atoms with Crippen molar-refractivity contribution in [2.75, 3.05) is 13.1 Å². The summed E-state index contributed by atoms with van der Waals surface area (Å²) in [6.07, 6.45) is 2.67. The molecular weight excluding hydrogens is 276 g/mol. The first kappa shape index (κ1) is 15.1. The Morgan fingerprint density at radius 3 is 2.70 bits per heavy atom. The van der Waals surface area contributed by atoms with Crippen LogP contribution in [0.1, 0.15) is 37.9 Å². The van der Waals surface area contributed by atoms with Crippen LogP contribution in [0.15, 0.2) is 24.3 Å². The number of benzene rings is 1. The van der Waals surface area contributed by atoms with Gasteiger partial charge in [0.25, 0.3) is 0 Å². The summed E-state index contributed by atoms with van der Waals surface area (Å²) in [5.41, 5.74) is 0.945. The topological polar surface area (TPSA) is 61.4 Å². The number of amides is 2. The quantitative estimate of drug-likeness (QED) is 0.756. The van der Waals surface area contributed by atoms with Crippen LogP contribution in [0, 0.1) is 5.41 Å². The molecule has 0 bridgehead atoms. The maximum Gasteiger partial charge on any atom is 0.314 e. The van der Waals surface area contributed by atoms with E-state index >= 15 is 0 Å². The predicted octanol–water partition coefficient (Wildman–Crippen LogP) is 2.86. The maximum atomic E-state index is 11.7. The van der Waals surface area contributed by atoms with E-state index < -0.39 is 6.10 Å². The fourth-order valence-corrected chi connectivity index (χ4v) is 2.47. The van der Waals surface area contributed by atoms with E-state index in [0.29, 0.717) is 22.5 Å². The number of urea groups is 1. The molecule has 0 aromatic heterocycles. The molecule has 0 spiro atoms. The second-order valence-corrected chi connectivity index (χ2v) is 5.86. The van der Waals surface area contributed by atoms with Crippen LogP contribution >= 0.6 is 11.6 Å². The van der Waals surface area contributed by atoms with E-state index in [2.05, 4.69) is 17.6 Å². The van der Waals surface area contributed by atoms with E-state index in [4.69, 9.17) is 11.6 Å². The van der Waals surface area contributed by atoms with E-state index in [0.717, 1.165) is 6.42 Å². The van der Waals surface area contributed by atoms with Crippen molar-refractivity contribution in [3.8, 4) is 0 Å². The highest BCUT2D eigenvalue weighted by atomic mass is 35.5. The highest BCUT2D eigenvalue weighted by Gasteiger charge is 2.40. The smallest absolute Gasteiger partial charge is 0.314 e. The molecule has 2 amide bonds. The largest absolute Gasteiger partial charge is 0.387 e. The number of hydrogen-bond donors (Lipinski definition) is 3. The van der Waals surface area contributed by atoms with E-state index in [1.165, 1.54) is 12.8 Å². The molecule has 4 nitrogen and oxygen atoms in total. The van der Waals surface area contributed by atoms with Crippen LogP contribution in [0.25, 0.3) is 0 Å². The number of carbonyl (C=O) groups is 1. The second kappa shape index (κ2) is 6.46. The summed E-state index contributed by atoms with van der Waals surface area (Å²) >= 11 is 5.99. The summed E-state index contributed by atoms with van der Waals surface area (Å²) in [7, 11) is 0. The summed E-state index contributed by atoms with van der Waals surface area (Å²) < 4.78 is 0. The van der Waals surface area contributed by atoms with E-state index in [1.54, 1.807) is 18.2 Å². The minimum atomic E-state index is -0.796. The fraction of sp³-hybridized carbons (Fsp3) is 0.533. The van der Waals surface area contributed by atoms with Crippen molar-refractivity contribution < 1.29 is 9.90 Å². The Morgan fingerprint density at radius 1 is 1.40 bits per heavy atom. The summed E-state index contributed by atoms with van der Waals surface area (Å²) in [5, 5.41) is 16.1. The van der Waals surface area contributed by atoms with Gasteiger partial charge in [0.1, 0.15) is 0 Å². The van der Waals surface area contributed by atoms with Crippen molar-refractivity contribution in [3.63, 3.8) is 0 Å². The zero-order valence-electron chi connectivity index (χ0n) is 11.7. The Balaban J connectivity index is 1.74. The van der Waals surface area contributed by atoms with Crippen molar-refractivity contribution >= 4 is 17.6 Å². The molecule has 1 aliphatic rings. The van der Waals surface area contributed by atoms with Crippen molar-refractivity contribution in [1.82, 2.24) is 10.6 Å². The number of aliphatic hydroxyl groups excluding tert-OH is 1. The molecule has 20 heavy (non-hydrogen) atoms. The fourth-order valence-electron chi connectivity index (χ4n) is 2.21. The normalized spacial score (nSPS) is 17.4. The molecule has 1 fully saturated rings. The first-order chi connectivity index (χ1) is 9.56. The number of rotatable bonds is 6. The lowest BCUT2D eigenvalue weighted by Crippen LogP contribution is -2.40. The monoisotopic (exact) mass is 296 g/mol. The van der Waals surface area contributed by atoms with Crippen molar-refractivity contribution in [2.45, 2.75) is 32.3 Å². The molecule has 0 heterocycles. The van der Waals surface area contributed by atoms with Crippen LogP contribution in [0.5, 0.6) is 0 Å². The molecule has 0 saturated heterocycles. The SMILES string of the molecule is CCC1(CNC(=O)NCC(O)c2ccccc2Cl)CC1. The minimum absolute atomic E-state index is 0.148. The Labute approximate surface area is 124 Å². The molecule has 1 aliphatic carbocycles. The average Bonchev–Trinajstić information content (AvgIpc) is 3.24. The molecule has 2 rings (SSSR count). The Bertz CT molecular complexity index is 475. The van der Waals surface area contributed by atoms with Gasteiger partial charge in [-0.2, -0.15) is 0 Å². The van der Waals surface area contributed by atoms with Gasteiger partial charge in [-0.1, -0.05) is 36.7 Å². The van der Waals surface area contributed by atoms with Crippen LogP contribution in [-0.2, 0) is 0 Å². The second-order valence-electron chi connectivity index (χ2n) is 5.45. The number of halogens is 1. The summed E-state index contributed by atoms with van der Waals surface area (Å²) in [5.74, 6) is 0. The minimum Gasteiger partial charge on any atom is -0.387 e. The summed E-state index contributed by atoms with van der Waals surface area (Å²) in [6, 6.07) is 6.85. The zero-order valence-corrected chi connectivity index (χ0v) is 12.4. The van der Waals surface area contributed by atoms with Gasteiger partial charge in [0.2, 0.25) is 0 Å². The van der Waals surface area contributed by atoms with Gasteiger partial charge in [-0.25, -0.2) is 4.79 Å². The Kier molecular flexibility index (Phi) is 4.89. The zero-order chi connectivity index (χ0) is 14.6. The predicted molar refractivity (Wildman–Crippen MR) is 79.8 cm³/mol. The van der Waals surface area contributed by atoms with Gasteiger partial charge in [-0.3, -0.25) is 0 Å². The molecule has 110 valence electrons. The molecule has 1 saturated carbocycles. The summed E-state index contributed by atoms with van der Waals surface area (Å²) in [4.78, 5) is 11.7. The molecule has 0 radical (unpaired) electrons. The first-order valence-corrected chi connectivity index (χ1v) is 7.38. The Hall–Kier alpha value is -1.26. The van der Waals surface area contributed by atoms with Crippen LogP contribution in [0.3, 0.4) is 0 Å². The standard InChI is InChI=1S/C15H21ClN2O2/c1-2-15(7-8-15)10-18-14(20)17-9-13(19)11-5-3-4-6-12(11)16/h3-6,13,19H,2,7-10H2,1H3,(H2,17,18,20). The number of carbonyl (C=O) groups excluding carboxylic acids is 1. The average molecular weight is 297 g/mol. The van der Waals surface area contributed by atoms with Gasteiger partial charge in [-0.05, 0) is 30.7 Å². The van der Waals surface area contributed by atoms with Gasteiger partial charge >= 0.3 is 6.03 Å². The van der Waals surface area contributed by atoms with E-state index in [1.807, 2.05) is 6.07 Å². The Morgan fingerprint density at radius 2 is 2.10 bits per heavy atom. The lowest BCUT2D eigenvalue weighted by atomic mass is 10.0. The van der Waals surface area contributed by atoms with Crippen LogP contribution in [-0.4, -0.2) is 24.2 Å². The molecule has 1 aromatic carbocycles. The van der Waals surface area contributed by atoms with Crippen LogP contribution < -0.4 is 10.6 Å². The van der Waals surface area contributed by atoms with Crippen LogP contribution in [0.4, 0.5) is 4.79 Å². The molecule has 1 aromatic rings. The molecule has 1 unspecified atom stereocenters. The van der Waals surface area contributed by atoms with Gasteiger partial charge in [0.05, 0.1) is 6.10 Å². The van der Waals surface area contributed by atoms with Crippen LogP contribution in [0.2, 0.25) is 5.02 Å². The van der Waals surface area contributed by atoms with Gasteiger partial charge < -0.3 is 15.7 Å². The van der Waals surface area contributed by atoms with Crippen molar-refractivity contribution in [1.29, 1.82) is 0 Å². The number of aliphatic hydroxyl groups is 1. The lowest BCUT2D eigenvalue weighted by Gasteiger charge is -2.16. The third-order valence-electron chi connectivity index (χ3n) is 4.05. The lowest BCUT2D eigenvalue weighted by molar-refractivity contribution is 0.173. The third kappa shape index (κ3) is 3.87.